The molecule has 3 aromatic rings. The molecule has 9 heteroatoms. The lowest BCUT2D eigenvalue weighted by atomic mass is 9.90. The molecule has 0 aliphatic carbocycles. The fourth-order valence-corrected chi connectivity index (χ4v) is 3.88. The second kappa shape index (κ2) is 10.8. The van der Waals surface area contributed by atoms with Gasteiger partial charge in [-0.1, -0.05) is 19.9 Å². The average molecular weight is 455 g/mol. The zero-order chi connectivity index (χ0) is 24.0. The third kappa shape index (κ3) is 6.00. The van der Waals surface area contributed by atoms with Crippen molar-refractivity contribution in [2.24, 2.45) is 11.8 Å². The monoisotopic (exact) mass is 454 g/mol. The SMILES string of the molecule is COC(=O)C(Cc1ccn[nH]1)NC(=O)[C@@H](CC(=O)c1cc2c(OC)cccc2[nH]1)CC(C)C. The predicted octanol–water partition coefficient (Wildman–Crippen LogP) is 3.04. The normalized spacial score (nSPS) is 13.0. The summed E-state index contributed by atoms with van der Waals surface area (Å²) in [5.41, 5.74) is 1.89. The van der Waals surface area contributed by atoms with E-state index in [1.807, 2.05) is 32.0 Å². The number of aromatic nitrogens is 3. The number of nitrogens with zero attached hydrogens (tertiary/aromatic N) is 1. The van der Waals surface area contributed by atoms with E-state index >= 15 is 0 Å². The Morgan fingerprint density at radius 3 is 2.58 bits per heavy atom. The highest BCUT2D eigenvalue weighted by Gasteiger charge is 2.29. The average Bonchev–Trinajstić information content (AvgIpc) is 3.46. The predicted molar refractivity (Wildman–Crippen MR) is 123 cm³/mol. The summed E-state index contributed by atoms with van der Waals surface area (Å²) in [5, 5.41) is 10.2. The van der Waals surface area contributed by atoms with Gasteiger partial charge in [0.1, 0.15) is 11.8 Å². The number of hydrogen-bond donors (Lipinski definition) is 3. The van der Waals surface area contributed by atoms with Crippen molar-refractivity contribution in [3.05, 3.63) is 47.9 Å². The molecule has 0 saturated carbocycles. The third-order valence-electron chi connectivity index (χ3n) is 5.49. The number of H-pyrrole nitrogens is 2. The molecule has 0 aliphatic heterocycles. The maximum absolute atomic E-state index is 13.2. The van der Waals surface area contributed by atoms with Crippen LogP contribution in [0.5, 0.6) is 5.75 Å². The fourth-order valence-electron chi connectivity index (χ4n) is 3.88. The van der Waals surface area contributed by atoms with Crippen molar-refractivity contribution in [2.75, 3.05) is 14.2 Å². The van der Waals surface area contributed by atoms with Crippen molar-refractivity contribution < 1.29 is 23.9 Å². The van der Waals surface area contributed by atoms with Crippen molar-refractivity contribution in [1.29, 1.82) is 0 Å². The minimum Gasteiger partial charge on any atom is -0.496 e. The number of amides is 1. The molecule has 3 rings (SSSR count). The van der Waals surface area contributed by atoms with Crippen LogP contribution in [0.1, 0.15) is 42.9 Å². The Morgan fingerprint density at radius 1 is 1.15 bits per heavy atom. The first-order chi connectivity index (χ1) is 15.8. The number of ketones is 1. The Kier molecular flexibility index (Phi) is 7.87. The quantitative estimate of drug-likeness (QED) is 0.302. The zero-order valence-electron chi connectivity index (χ0n) is 19.3. The number of benzene rings is 1. The first kappa shape index (κ1) is 24.0. The first-order valence-corrected chi connectivity index (χ1v) is 10.9. The summed E-state index contributed by atoms with van der Waals surface area (Å²) in [6.45, 7) is 3.97. The number of Topliss-reactive ketones (excluding diaryl/α,β-unsaturated/α-hetero) is 1. The Balaban J connectivity index is 1.77. The molecule has 3 N–H and O–H groups in total. The van der Waals surface area contributed by atoms with E-state index in [0.717, 1.165) is 10.9 Å². The molecule has 1 unspecified atom stereocenters. The van der Waals surface area contributed by atoms with Crippen LogP contribution in [0, 0.1) is 11.8 Å². The van der Waals surface area contributed by atoms with E-state index in [1.165, 1.54) is 7.11 Å². The van der Waals surface area contributed by atoms with Crippen LogP contribution < -0.4 is 10.1 Å². The van der Waals surface area contributed by atoms with Crippen molar-refractivity contribution in [2.45, 2.75) is 39.2 Å². The molecular formula is C24H30N4O5. The van der Waals surface area contributed by atoms with E-state index in [4.69, 9.17) is 9.47 Å². The highest BCUT2D eigenvalue weighted by molar-refractivity contribution is 6.02. The number of carbonyl (C=O) groups is 3. The summed E-state index contributed by atoms with van der Waals surface area (Å²) >= 11 is 0. The molecular weight excluding hydrogens is 424 g/mol. The lowest BCUT2D eigenvalue weighted by molar-refractivity contribution is -0.145. The summed E-state index contributed by atoms with van der Waals surface area (Å²) < 4.78 is 10.2. The first-order valence-electron chi connectivity index (χ1n) is 10.9. The van der Waals surface area contributed by atoms with E-state index in [-0.39, 0.29) is 30.4 Å². The van der Waals surface area contributed by atoms with Gasteiger partial charge in [0.15, 0.2) is 5.78 Å². The molecule has 0 radical (unpaired) electrons. The number of esters is 1. The molecule has 2 aromatic heterocycles. The molecule has 2 atom stereocenters. The van der Waals surface area contributed by atoms with Gasteiger partial charge in [0.2, 0.25) is 5.91 Å². The topological polar surface area (TPSA) is 126 Å². The number of hydrogen-bond acceptors (Lipinski definition) is 6. The highest BCUT2D eigenvalue weighted by Crippen LogP contribution is 2.27. The fraction of sp³-hybridized carbons (Fsp3) is 0.417. The minimum atomic E-state index is -0.884. The molecule has 2 heterocycles. The highest BCUT2D eigenvalue weighted by atomic mass is 16.5. The zero-order valence-corrected chi connectivity index (χ0v) is 19.3. The van der Waals surface area contributed by atoms with Crippen LogP contribution in [-0.2, 0) is 20.7 Å². The van der Waals surface area contributed by atoms with Gasteiger partial charge in [0.25, 0.3) is 0 Å². The Bertz CT molecular complexity index is 1100. The second-order valence-corrected chi connectivity index (χ2v) is 8.43. The van der Waals surface area contributed by atoms with E-state index in [1.54, 1.807) is 25.4 Å². The van der Waals surface area contributed by atoms with Gasteiger partial charge in [-0.25, -0.2) is 4.79 Å². The largest absolute Gasteiger partial charge is 0.496 e. The van der Waals surface area contributed by atoms with Crippen LogP contribution in [0.15, 0.2) is 36.5 Å². The Hall–Kier alpha value is -3.62. The molecule has 1 amide bonds. The maximum atomic E-state index is 13.2. The summed E-state index contributed by atoms with van der Waals surface area (Å²) in [6.07, 6.45) is 2.29. The number of ether oxygens (including phenoxy) is 2. The number of carbonyl (C=O) groups excluding carboxylic acids is 3. The molecule has 176 valence electrons. The molecule has 0 fully saturated rings. The van der Waals surface area contributed by atoms with Crippen molar-refractivity contribution >= 4 is 28.6 Å². The van der Waals surface area contributed by atoms with Crippen LogP contribution in [0.4, 0.5) is 0 Å². The van der Waals surface area contributed by atoms with E-state index < -0.39 is 17.9 Å². The lowest BCUT2D eigenvalue weighted by Crippen LogP contribution is -2.46. The lowest BCUT2D eigenvalue weighted by Gasteiger charge is -2.22. The molecule has 1 aromatic carbocycles. The molecule has 0 bridgehead atoms. The number of rotatable bonds is 11. The Morgan fingerprint density at radius 2 is 1.94 bits per heavy atom. The molecule has 0 aliphatic rings. The van der Waals surface area contributed by atoms with Crippen molar-refractivity contribution in [3.8, 4) is 5.75 Å². The summed E-state index contributed by atoms with van der Waals surface area (Å²) in [5.74, 6) is -0.854. The van der Waals surface area contributed by atoms with Gasteiger partial charge in [0, 0.05) is 41.6 Å². The van der Waals surface area contributed by atoms with Crippen molar-refractivity contribution in [1.82, 2.24) is 20.5 Å². The summed E-state index contributed by atoms with van der Waals surface area (Å²) in [4.78, 5) is 41.6. The molecule has 0 saturated heterocycles. The van der Waals surface area contributed by atoms with Gasteiger partial charge in [-0.15, -0.1) is 0 Å². The van der Waals surface area contributed by atoms with Crippen LogP contribution in [0.3, 0.4) is 0 Å². The van der Waals surface area contributed by atoms with Gasteiger partial charge >= 0.3 is 5.97 Å². The number of methoxy groups -OCH3 is 2. The van der Waals surface area contributed by atoms with Gasteiger partial charge < -0.3 is 19.8 Å². The second-order valence-electron chi connectivity index (χ2n) is 8.43. The number of aromatic amines is 2. The standard InChI is InChI=1S/C24H30N4O5/c1-14(2)10-15(23(30)27-20(24(31)33-4)12-16-8-9-25-28-16)11-21(29)19-13-17-18(26-19)6-5-7-22(17)32-3/h5-9,13-15,20,26H,10-12H2,1-4H3,(H,25,28)(H,27,30)/t15-,20?/m1/s1. The van der Waals surface area contributed by atoms with Crippen LogP contribution >= 0.6 is 0 Å². The molecule has 9 nitrogen and oxygen atoms in total. The van der Waals surface area contributed by atoms with E-state index in [0.29, 0.717) is 23.6 Å². The van der Waals surface area contributed by atoms with E-state index in [2.05, 4.69) is 20.5 Å². The van der Waals surface area contributed by atoms with Crippen LogP contribution in [-0.4, -0.2) is 53.1 Å². The summed E-state index contributed by atoms with van der Waals surface area (Å²) in [7, 11) is 2.85. The minimum absolute atomic E-state index is 0.0110. The Labute approximate surface area is 192 Å². The van der Waals surface area contributed by atoms with Gasteiger partial charge in [-0.2, -0.15) is 5.10 Å². The van der Waals surface area contributed by atoms with Crippen LogP contribution in [0.2, 0.25) is 0 Å². The van der Waals surface area contributed by atoms with Gasteiger partial charge in [-0.3, -0.25) is 14.7 Å². The smallest absolute Gasteiger partial charge is 0.328 e. The number of nitrogens with one attached hydrogen (secondary N) is 3. The maximum Gasteiger partial charge on any atom is 0.328 e. The van der Waals surface area contributed by atoms with Crippen LogP contribution in [0.25, 0.3) is 10.9 Å². The third-order valence-corrected chi connectivity index (χ3v) is 5.49. The molecule has 33 heavy (non-hydrogen) atoms. The van der Waals surface area contributed by atoms with E-state index in [9.17, 15) is 14.4 Å². The summed E-state index contributed by atoms with van der Waals surface area (Å²) in [6, 6.07) is 8.12. The van der Waals surface area contributed by atoms with Gasteiger partial charge in [0.05, 0.1) is 19.9 Å². The molecule has 0 spiro atoms. The number of fused-ring (bicyclic) bond motifs is 1. The van der Waals surface area contributed by atoms with Gasteiger partial charge in [-0.05, 0) is 36.6 Å². The van der Waals surface area contributed by atoms with Crippen molar-refractivity contribution in [3.63, 3.8) is 0 Å².